The first-order chi connectivity index (χ1) is 8.42. The van der Waals surface area contributed by atoms with Crippen LogP contribution in [0.2, 0.25) is 0 Å². The summed E-state index contributed by atoms with van der Waals surface area (Å²) in [5.41, 5.74) is 3.12. The van der Waals surface area contributed by atoms with E-state index in [9.17, 15) is 0 Å². The second kappa shape index (κ2) is 3.94. The van der Waals surface area contributed by atoms with Crippen molar-refractivity contribution in [1.82, 2.24) is 4.90 Å². The van der Waals surface area contributed by atoms with Crippen LogP contribution < -0.4 is 0 Å². The van der Waals surface area contributed by atoms with E-state index in [1.54, 1.807) is 5.57 Å². The van der Waals surface area contributed by atoms with E-state index in [0.29, 0.717) is 0 Å². The van der Waals surface area contributed by atoms with Gasteiger partial charge in [-0.1, -0.05) is 12.5 Å². The number of fused-ring (bicyclic) bond motifs is 6. The smallest absolute Gasteiger partial charge is 0.0421 e. The van der Waals surface area contributed by atoms with Gasteiger partial charge in [-0.15, -0.1) is 0 Å². The van der Waals surface area contributed by atoms with E-state index in [1.165, 1.54) is 57.3 Å². The van der Waals surface area contributed by atoms with Gasteiger partial charge in [0.2, 0.25) is 0 Å². The Morgan fingerprint density at radius 2 is 2.24 bits per heavy atom. The molecule has 3 atom stereocenters. The molecule has 2 fully saturated rings. The molecule has 2 saturated heterocycles. The van der Waals surface area contributed by atoms with Gasteiger partial charge in [0.05, 0.1) is 0 Å². The van der Waals surface area contributed by atoms with E-state index in [4.69, 9.17) is 4.99 Å². The molecule has 3 aliphatic heterocycles. The van der Waals surface area contributed by atoms with Gasteiger partial charge in [0, 0.05) is 30.8 Å². The first-order valence-electron chi connectivity index (χ1n) is 7.41. The van der Waals surface area contributed by atoms with E-state index < -0.39 is 0 Å². The highest BCUT2D eigenvalue weighted by Crippen LogP contribution is 2.41. The van der Waals surface area contributed by atoms with Crippen LogP contribution in [0.5, 0.6) is 0 Å². The van der Waals surface area contributed by atoms with Gasteiger partial charge in [-0.3, -0.25) is 9.89 Å². The topological polar surface area (TPSA) is 15.6 Å². The highest BCUT2D eigenvalue weighted by molar-refractivity contribution is 6.03. The van der Waals surface area contributed by atoms with Crippen LogP contribution >= 0.6 is 0 Å². The van der Waals surface area contributed by atoms with Gasteiger partial charge >= 0.3 is 0 Å². The molecular formula is C15H22N2. The van der Waals surface area contributed by atoms with Crippen molar-refractivity contribution in [3.8, 4) is 0 Å². The molecule has 0 radical (unpaired) electrons. The molecule has 3 heterocycles. The minimum absolute atomic E-state index is 0.773. The summed E-state index contributed by atoms with van der Waals surface area (Å²) < 4.78 is 0. The number of aliphatic imine (C=N–C) groups is 1. The summed E-state index contributed by atoms with van der Waals surface area (Å²) >= 11 is 0. The van der Waals surface area contributed by atoms with Gasteiger partial charge < -0.3 is 0 Å². The Hall–Kier alpha value is -0.630. The van der Waals surface area contributed by atoms with Gasteiger partial charge in [0.1, 0.15) is 0 Å². The molecule has 2 nitrogen and oxygen atoms in total. The monoisotopic (exact) mass is 230 g/mol. The summed E-state index contributed by atoms with van der Waals surface area (Å²) in [6.07, 6.45) is 10.9. The van der Waals surface area contributed by atoms with Gasteiger partial charge in [0.15, 0.2) is 0 Å². The van der Waals surface area contributed by atoms with Crippen molar-refractivity contribution >= 4 is 5.71 Å². The third-order valence-corrected chi connectivity index (χ3v) is 5.19. The molecule has 4 rings (SSSR count). The van der Waals surface area contributed by atoms with Crippen molar-refractivity contribution in [2.24, 2.45) is 16.8 Å². The first kappa shape index (κ1) is 10.3. The molecule has 3 unspecified atom stereocenters. The summed E-state index contributed by atoms with van der Waals surface area (Å²) in [5, 5.41) is 0. The zero-order valence-corrected chi connectivity index (χ0v) is 10.6. The van der Waals surface area contributed by atoms with Gasteiger partial charge in [-0.05, 0) is 50.1 Å². The number of hydrogen-bond donors (Lipinski definition) is 0. The van der Waals surface area contributed by atoms with Crippen molar-refractivity contribution in [3.63, 3.8) is 0 Å². The van der Waals surface area contributed by atoms with Gasteiger partial charge in [-0.25, -0.2) is 0 Å². The standard InChI is InChI=1S/C15H22N2/c1-2-7-17-10-13-9-12(14(17)5-1)8-11-4-3-6-16-15(11)13/h8,12-14H,1-7,9-10H2. The van der Waals surface area contributed by atoms with Crippen LogP contribution in [0.3, 0.4) is 0 Å². The highest BCUT2D eigenvalue weighted by Gasteiger charge is 2.41. The molecule has 0 amide bonds. The molecule has 0 saturated carbocycles. The Morgan fingerprint density at radius 3 is 3.24 bits per heavy atom. The molecule has 17 heavy (non-hydrogen) atoms. The van der Waals surface area contributed by atoms with Crippen LogP contribution in [-0.2, 0) is 0 Å². The predicted octanol–water partition coefficient (Wildman–Crippen LogP) is 2.65. The van der Waals surface area contributed by atoms with Crippen LogP contribution in [0.15, 0.2) is 16.6 Å². The van der Waals surface area contributed by atoms with Crippen molar-refractivity contribution in [1.29, 1.82) is 0 Å². The van der Waals surface area contributed by atoms with Crippen molar-refractivity contribution in [3.05, 3.63) is 11.6 Å². The quantitative estimate of drug-likeness (QED) is 0.624. The summed E-state index contributed by atoms with van der Waals surface area (Å²) in [6.45, 7) is 3.72. The average molecular weight is 230 g/mol. The second-order valence-corrected chi connectivity index (χ2v) is 6.22. The summed E-state index contributed by atoms with van der Waals surface area (Å²) in [7, 11) is 0. The zero-order valence-electron chi connectivity index (χ0n) is 10.6. The molecule has 0 aromatic carbocycles. The Kier molecular flexibility index (Phi) is 2.39. The molecular weight excluding hydrogens is 208 g/mol. The number of piperidine rings is 2. The fourth-order valence-corrected chi connectivity index (χ4v) is 4.47. The lowest BCUT2D eigenvalue weighted by Gasteiger charge is -2.49. The maximum absolute atomic E-state index is 4.83. The summed E-state index contributed by atoms with van der Waals surface area (Å²) in [4.78, 5) is 7.60. The van der Waals surface area contributed by atoms with E-state index in [-0.39, 0.29) is 0 Å². The van der Waals surface area contributed by atoms with E-state index in [0.717, 1.165) is 24.4 Å². The summed E-state index contributed by atoms with van der Waals surface area (Å²) in [5.74, 6) is 1.62. The maximum Gasteiger partial charge on any atom is 0.0421 e. The molecule has 2 bridgehead atoms. The minimum atomic E-state index is 0.773. The number of nitrogens with zero attached hydrogens (tertiary/aromatic N) is 2. The normalized spacial score (nSPS) is 41.1. The Bertz CT molecular complexity index is 382. The largest absolute Gasteiger partial charge is 0.299 e. The molecule has 0 aromatic heterocycles. The second-order valence-electron chi connectivity index (χ2n) is 6.22. The first-order valence-corrected chi connectivity index (χ1v) is 7.41. The Labute approximate surface area is 104 Å². The van der Waals surface area contributed by atoms with E-state index in [1.807, 2.05) is 0 Å². The fourth-order valence-electron chi connectivity index (χ4n) is 4.47. The third kappa shape index (κ3) is 1.61. The molecule has 0 aromatic rings. The summed E-state index contributed by atoms with van der Waals surface area (Å²) in [6, 6.07) is 0.871. The zero-order chi connectivity index (χ0) is 11.2. The number of rotatable bonds is 0. The fraction of sp³-hybridized carbons (Fsp3) is 0.800. The lowest BCUT2D eigenvalue weighted by Crippen LogP contribution is -2.54. The van der Waals surface area contributed by atoms with Crippen molar-refractivity contribution in [2.45, 2.75) is 44.6 Å². The molecule has 2 heteroatoms. The number of hydrogen-bond acceptors (Lipinski definition) is 2. The predicted molar refractivity (Wildman–Crippen MR) is 70.4 cm³/mol. The van der Waals surface area contributed by atoms with Crippen LogP contribution in [0.1, 0.15) is 38.5 Å². The van der Waals surface area contributed by atoms with Crippen LogP contribution in [0, 0.1) is 11.8 Å². The van der Waals surface area contributed by atoms with Crippen LogP contribution in [0.4, 0.5) is 0 Å². The Morgan fingerprint density at radius 1 is 1.24 bits per heavy atom. The third-order valence-electron chi connectivity index (χ3n) is 5.19. The van der Waals surface area contributed by atoms with E-state index >= 15 is 0 Å². The molecule has 0 spiro atoms. The minimum Gasteiger partial charge on any atom is -0.299 e. The van der Waals surface area contributed by atoms with Gasteiger partial charge in [0.25, 0.3) is 0 Å². The lowest BCUT2D eigenvalue weighted by molar-refractivity contribution is 0.0599. The van der Waals surface area contributed by atoms with Crippen LogP contribution in [-0.4, -0.2) is 36.3 Å². The molecule has 4 aliphatic rings. The average Bonchev–Trinajstić information content (AvgIpc) is 2.39. The van der Waals surface area contributed by atoms with Gasteiger partial charge in [-0.2, -0.15) is 0 Å². The van der Waals surface area contributed by atoms with Crippen molar-refractivity contribution < 1.29 is 0 Å². The molecule has 1 aliphatic carbocycles. The lowest BCUT2D eigenvalue weighted by atomic mass is 9.70. The van der Waals surface area contributed by atoms with E-state index in [2.05, 4.69) is 11.0 Å². The SMILES string of the molecule is C1=C2CCCN=C2C2CC1C1CCCCN1C2. The number of allylic oxidation sites excluding steroid dienone is 1. The molecule has 92 valence electrons. The van der Waals surface area contributed by atoms with Crippen molar-refractivity contribution in [2.75, 3.05) is 19.6 Å². The van der Waals surface area contributed by atoms with Crippen LogP contribution in [0.25, 0.3) is 0 Å². The maximum atomic E-state index is 4.83. The highest BCUT2D eigenvalue weighted by atomic mass is 15.2. The Balaban J connectivity index is 1.70. The molecule has 0 N–H and O–H groups in total.